The highest BCUT2D eigenvalue weighted by Crippen LogP contribution is 2.26. The fourth-order valence-corrected chi connectivity index (χ4v) is 0.972. The molecular formula is C9H16N2. The number of hydrazine groups is 1. The zero-order valence-electron chi connectivity index (χ0n) is 7.65. The van der Waals surface area contributed by atoms with Crippen LogP contribution in [0.4, 0.5) is 0 Å². The lowest BCUT2D eigenvalue weighted by molar-refractivity contribution is 0.502. The first-order valence-corrected chi connectivity index (χ1v) is 3.90. The number of allylic oxidation sites excluding steroid dienone is 3. The van der Waals surface area contributed by atoms with Gasteiger partial charge in [-0.2, -0.15) is 0 Å². The summed E-state index contributed by atoms with van der Waals surface area (Å²) in [4.78, 5) is 0. The minimum atomic E-state index is 0.232. The van der Waals surface area contributed by atoms with Gasteiger partial charge in [0.1, 0.15) is 0 Å². The van der Waals surface area contributed by atoms with Gasteiger partial charge in [-0.05, 0) is 24.0 Å². The van der Waals surface area contributed by atoms with Crippen LogP contribution in [0.1, 0.15) is 27.7 Å². The maximum atomic E-state index is 3.02. The third-order valence-electron chi connectivity index (χ3n) is 1.74. The van der Waals surface area contributed by atoms with Crippen molar-refractivity contribution in [2.75, 3.05) is 0 Å². The minimum Gasteiger partial charge on any atom is -0.308 e. The molecule has 0 aromatic rings. The molecule has 62 valence electrons. The molecule has 0 aliphatic carbocycles. The van der Waals surface area contributed by atoms with Crippen LogP contribution in [0.15, 0.2) is 23.5 Å². The number of nitrogens with one attached hydrogen (secondary N) is 2. The lowest BCUT2D eigenvalue weighted by atomic mass is 9.86. The molecule has 0 bridgehead atoms. The van der Waals surface area contributed by atoms with Crippen LogP contribution >= 0.6 is 0 Å². The summed E-state index contributed by atoms with van der Waals surface area (Å²) >= 11 is 0. The van der Waals surface area contributed by atoms with Crippen molar-refractivity contribution in [1.29, 1.82) is 0 Å². The number of hydrogen-bond donors (Lipinski definition) is 2. The van der Waals surface area contributed by atoms with Crippen molar-refractivity contribution >= 4 is 0 Å². The molecular weight excluding hydrogens is 136 g/mol. The van der Waals surface area contributed by atoms with Crippen molar-refractivity contribution in [2.45, 2.75) is 27.7 Å². The van der Waals surface area contributed by atoms with Gasteiger partial charge in [-0.25, -0.2) is 0 Å². The molecule has 0 saturated heterocycles. The van der Waals surface area contributed by atoms with E-state index in [4.69, 9.17) is 0 Å². The van der Waals surface area contributed by atoms with Crippen molar-refractivity contribution in [1.82, 2.24) is 10.9 Å². The second kappa shape index (κ2) is 2.61. The molecule has 0 unspecified atom stereocenters. The molecule has 0 aromatic carbocycles. The summed E-state index contributed by atoms with van der Waals surface area (Å²) in [6.07, 6.45) is 4.17. The molecule has 2 nitrogen and oxygen atoms in total. The summed E-state index contributed by atoms with van der Waals surface area (Å²) in [7, 11) is 0. The summed E-state index contributed by atoms with van der Waals surface area (Å²) in [5, 5.41) is 0. The highest BCUT2D eigenvalue weighted by Gasteiger charge is 2.16. The van der Waals surface area contributed by atoms with Crippen LogP contribution in [0.25, 0.3) is 0 Å². The second-order valence-electron chi connectivity index (χ2n) is 3.95. The largest absolute Gasteiger partial charge is 0.308 e. The second-order valence-corrected chi connectivity index (χ2v) is 3.95. The van der Waals surface area contributed by atoms with Gasteiger partial charge in [0.2, 0.25) is 0 Å². The van der Waals surface area contributed by atoms with Gasteiger partial charge < -0.3 is 10.9 Å². The first kappa shape index (κ1) is 8.18. The molecule has 2 N–H and O–H groups in total. The molecule has 1 aliphatic rings. The highest BCUT2D eigenvalue weighted by atomic mass is 15.3. The normalized spacial score (nSPS) is 17.8. The molecule has 0 atom stereocenters. The van der Waals surface area contributed by atoms with E-state index in [1.54, 1.807) is 0 Å². The third kappa shape index (κ3) is 2.00. The predicted octanol–water partition coefficient (Wildman–Crippen LogP) is 1.93. The van der Waals surface area contributed by atoms with E-state index in [1.807, 2.05) is 13.1 Å². The Balaban J connectivity index is 2.82. The highest BCUT2D eigenvalue weighted by molar-refractivity contribution is 5.28. The van der Waals surface area contributed by atoms with Gasteiger partial charge in [0.05, 0.1) is 0 Å². The van der Waals surface area contributed by atoms with Gasteiger partial charge in [-0.1, -0.05) is 20.8 Å². The standard InChI is InChI=1S/C9H16N2/c1-7-5-8(6-10-11-7)9(2,3)4/h5-6,10-11H,1-4H3. The number of rotatable bonds is 0. The van der Waals surface area contributed by atoms with Gasteiger partial charge in [0.25, 0.3) is 0 Å². The predicted molar refractivity (Wildman–Crippen MR) is 47.6 cm³/mol. The van der Waals surface area contributed by atoms with Gasteiger partial charge >= 0.3 is 0 Å². The van der Waals surface area contributed by atoms with Crippen LogP contribution in [0.5, 0.6) is 0 Å². The fourth-order valence-electron chi connectivity index (χ4n) is 0.972. The first-order valence-electron chi connectivity index (χ1n) is 3.90. The number of hydrogen-bond acceptors (Lipinski definition) is 2. The van der Waals surface area contributed by atoms with E-state index in [0.29, 0.717) is 0 Å². The summed E-state index contributed by atoms with van der Waals surface area (Å²) in [6.45, 7) is 8.66. The Hall–Kier alpha value is -0.920. The SMILES string of the molecule is CC1=CC(C(C)(C)C)=CNN1. The molecule has 0 aromatic heterocycles. The van der Waals surface area contributed by atoms with Gasteiger partial charge in [-0.15, -0.1) is 0 Å². The Morgan fingerprint density at radius 2 is 1.91 bits per heavy atom. The summed E-state index contributed by atoms with van der Waals surface area (Å²) in [5.41, 5.74) is 8.75. The average molecular weight is 152 g/mol. The van der Waals surface area contributed by atoms with Gasteiger partial charge in [0, 0.05) is 11.9 Å². The van der Waals surface area contributed by atoms with E-state index in [2.05, 4.69) is 37.7 Å². The van der Waals surface area contributed by atoms with Crippen molar-refractivity contribution in [2.24, 2.45) is 5.41 Å². The third-order valence-corrected chi connectivity index (χ3v) is 1.74. The summed E-state index contributed by atoms with van der Waals surface area (Å²) in [5.74, 6) is 0. The monoisotopic (exact) mass is 152 g/mol. The van der Waals surface area contributed by atoms with Crippen LogP contribution in [0, 0.1) is 5.41 Å². The van der Waals surface area contributed by atoms with E-state index >= 15 is 0 Å². The van der Waals surface area contributed by atoms with E-state index in [0.717, 1.165) is 5.70 Å². The fraction of sp³-hybridized carbons (Fsp3) is 0.556. The zero-order chi connectivity index (χ0) is 8.48. The van der Waals surface area contributed by atoms with E-state index in [-0.39, 0.29) is 5.41 Å². The first-order chi connectivity index (χ1) is 5.00. The molecule has 0 radical (unpaired) electrons. The Labute approximate surface area is 68.3 Å². The van der Waals surface area contributed by atoms with Gasteiger partial charge in [0.15, 0.2) is 0 Å². The Kier molecular flexibility index (Phi) is 1.94. The quantitative estimate of drug-likeness (QED) is 0.554. The lowest BCUT2D eigenvalue weighted by Crippen LogP contribution is -2.30. The van der Waals surface area contributed by atoms with E-state index in [1.165, 1.54) is 5.57 Å². The molecule has 1 heterocycles. The van der Waals surface area contributed by atoms with Crippen molar-refractivity contribution in [3.05, 3.63) is 23.5 Å². The van der Waals surface area contributed by atoms with Crippen LogP contribution in [-0.2, 0) is 0 Å². The molecule has 2 heteroatoms. The summed E-state index contributed by atoms with van der Waals surface area (Å²) in [6, 6.07) is 0. The molecule has 0 fully saturated rings. The molecule has 0 amide bonds. The summed E-state index contributed by atoms with van der Waals surface area (Å²) < 4.78 is 0. The van der Waals surface area contributed by atoms with E-state index in [9.17, 15) is 0 Å². The van der Waals surface area contributed by atoms with Crippen LogP contribution in [-0.4, -0.2) is 0 Å². The Morgan fingerprint density at radius 1 is 1.27 bits per heavy atom. The maximum Gasteiger partial charge on any atom is 0.0286 e. The molecule has 0 saturated carbocycles. The average Bonchev–Trinajstić information content (AvgIpc) is 1.86. The molecule has 11 heavy (non-hydrogen) atoms. The van der Waals surface area contributed by atoms with Crippen LogP contribution in [0.3, 0.4) is 0 Å². The van der Waals surface area contributed by atoms with Gasteiger partial charge in [-0.3, -0.25) is 0 Å². The minimum absolute atomic E-state index is 0.232. The van der Waals surface area contributed by atoms with Crippen molar-refractivity contribution < 1.29 is 0 Å². The smallest absolute Gasteiger partial charge is 0.0286 e. The topological polar surface area (TPSA) is 24.1 Å². The molecule has 0 spiro atoms. The van der Waals surface area contributed by atoms with Crippen LogP contribution in [0.2, 0.25) is 0 Å². The van der Waals surface area contributed by atoms with Crippen molar-refractivity contribution in [3.8, 4) is 0 Å². The molecule has 1 rings (SSSR count). The Morgan fingerprint density at radius 3 is 2.27 bits per heavy atom. The Bertz CT molecular complexity index is 206. The molecule has 1 aliphatic heterocycles. The lowest BCUT2D eigenvalue weighted by Gasteiger charge is -2.24. The zero-order valence-corrected chi connectivity index (χ0v) is 7.65. The van der Waals surface area contributed by atoms with Crippen LogP contribution < -0.4 is 10.9 Å². The van der Waals surface area contributed by atoms with E-state index < -0.39 is 0 Å². The maximum absolute atomic E-state index is 3.02. The van der Waals surface area contributed by atoms with Crippen molar-refractivity contribution in [3.63, 3.8) is 0 Å².